The van der Waals surface area contributed by atoms with Crippen LogP contribution in [0.1, 0.15) is 39.0 Å². The van der Waals surface area contributed by atoms with E-state index in [1.165, 1.54) is 12.5 Å². The quantitative estimate of drug-likeness (QED) is 0.517. The zero-order valence-corrected chi connectivity index (χ0v) is 8.59. The van der Waals surface area contributed by atoms with E-state index in [0.717, 1.165) is 31.3 Å². The molecule has 1 fully saturated rings. The smallest absolute Gasteiger partial charge is 0.344 e. The topological polar surface area (TPSA) is 26.3 Å². The fourth-order valence-corrected chi connectivity index (χ4v) is 1.67. The van der Waals surface area contributed by atoms with Crippen molar-refractivity contribution in [1.82, 2.24) is 0 Å². The molecule has 1 aliphatic carbocycles. The SMILES string of the molecule is CCOC(=O)C(F)C=C1CCCCC1. The van der Waals surface area contributed by atoms with Gasteiger partial charge in [0, 0.05) is 0 Å². The van der Waals surface area contributed by atoms with Crippen LogP contribution in [0.5, 0.6) is 0 Å². The third-order valence-corrected chi connectivity index (χ3v) is 2.39. The summed E-state index contributed by atoms with van der Waals surface area (Å²) in [6.07, 6.45) is 5.16. The van der Waals surface area contributed by atoms with Gasteiger partial charge in [-0.3, -0.25) is 0 Å². The van der Waals surface area contributed by atoms with Crippen LogP contribution in [-0.2, 0) is 9.53 Å². The van der Waals surface area contributed by atoms with Crippen molar-refractivity contribution in [2.24, 2.45) is 0 Å². The molecule has 0 radical (unpaired) electrons. The summed E-state index contributed by atoms with van der Waals surface area (Å²) in [6.45, 7) is 1.92. The number of ether oxygens (including phenoxy) is 1. The minimum atomic E-state index is -1.57. The summed E-state index contributed by atoms with van der Waals surface area (Å²) >= 11 is 0. The molecule has 1 saturated carbocycles. The lowest BCUT2D eigenvalue weighted by Crippen LogP contribution is -2.17. The predicted octanol–water partition coefficient (Wildman–Crippen LogP) is 2.78. The maximum Gasteiger partial charge on any atom is 0.344 e. The van der Waals surface area contributed by atoms with Crippen molar-refractivity contribution in [2.75, 3.05) is 6.61 Å². The Kier molecular flexibility index (Phi) is 4.63. The monoisotopic (exact) mass is 200 g/mol. The van der Waals surface area contributed by atoms with Crippen LogP contribution in [0.2, 0.25) is 0 Å². The normalized spacial score (nSPS) is 18.9. The second kappa shape index (κ2) is 5.78. The van der Waals surface area contributed by atoms with Crippen LogP contribution in [0.3, 0.4) is 0 Å². The number of esters is 1. The largest absolute Gasteiger partial charge is 0.464 e. The number of hydrogen-bond acceptors (Lipinski definition) is 2. The van der Waals surface area contributed by atoms with Crippen molar-refractivity contribution in [3.05, 3.63) is 11.6 Å². The molecule has 1 unspecified atom stereocenters. The van der Waals surface area contributed by atoms with E-state index in [9.17, 15) is 9.18 Å². The van der Waals surface area contributed by atoms with Gasteiger partial charge in [0.25, 0.3) is 0 Å². The van der Waals surface area contributed by atoms with Crippen LogP contribution in [-0.4, -0.2) is 18.7 Å². The van der Waals surface area contributed by atoms with E-state index in [1.807, 2.05) is 0 Å². The Morgan fingerprint density at radius 1 is 1.50 bits per heavy atom. The van der Waals surface area contributed by atoms with Crippen LogP contribution < -0.4 is 0 Å². The van der Waals surface area contributed by atoms with E-state index >= 15 is 0 Å². The lowest BCUT2D eigenvalue weighted by Gasteiger charge is -2.14. The molecular weight excluding hydrogens is 183 g/mol. The number of rotatable bonds is 3. The first kappa shape index (κ1) is 11.2. The molecule has 0 amide bonds. The molecule has 1 aliphatic rings. The van der Waals surface area contributed by atoms with Crippen molar-refractivity contribution in [2.45, 2.75) is 45.2 Å². The highest BCUT2D eigenvalue weighted by molar-refractivity contribution is 5.76. The van der Waals surface area contributed by atoms with E-state index in [0.29, 0.717) is 0 Å². The highest BCUT2D eigenvalue weighted by atomic mass is 19.1. The summed E-state index contributed by atoms with van der Waals surface area (Å²) in [4.78, 5) is 11.0. The third kappa shape index (κ3) is 3.48. The summed E-state index contributed by atoms with van der Waals surface area (Å²) in [7, 11) is 0. The van der Waals surface area contributed by atoms with Gasteiger partial charge in [-0.15, -0.1) is 0 Å². The Morgan fingerprint density at radius 2 is 2.14 bits per heavy atom. The van der Waals surface area contributed by atoms with Gasteiger partial charge in [-0.05, 0) is 38.7 Å². The van der Waals surface area contributed by atoms with E-state index in [-0.39, 0.29) is 6.61 Å². The van der Waals surface area contributed by atoms with Gasteiger partial charge in [-0.25, -0.2) is 9.18 Å². The van der Waals surface area contributed by atoms with Crippen molar-refractivity contribution in [3.8, 4) is 0 Å². The maximum atomic E-state index is 13.2. The van der Waals surface area contributed by atoms with Gasteiger partial charge in [0.2, 0.25) is 6.17 Å². The molecule has 0 aromatic rings. The van der Waals surface area contributed by atoms with Gasteiger partial charge in [0.15, 0.2) is 0 Å². The second-order valence-corrected chi connectivity index (χ2v) is 3.54. The van der Waals surface area contributed by atoms with Crippen LogP contribution in [0.4, 0.5) is 4.39 Å². The molecule has 1 atom stereocenters. The van der Waals surface area contributed by atoms with Gasteiger partial charge < -0.3 is 4.74 Å². The number of hydrogen-bond donors (Lipinski definition) is 0. The number of carbonyl (C=O) groups excluding carboxylic acids is 1. The summed E-state index contributed by atoms with van der Waals surface area (Å²) in [5, 5.41) is 0. The Hall–Kier alpha value is -0.860. The second-order valence-electron chi connectivity index (χ2n) is 3.54. The van der Waals surface area contributed by atoms with Crippen molar-refractivity contribution in [1.29, 1.82) is 0 Å². The Morgan fingerprint density at radius 3 is 2.71 bits per heavy atom. The molecule has 0 bridgehead atoms. The minimum Gasteiger partial charge on any atom is -0.464 e. The highest BCUT2D eigenvalue weighted by Gasteiger charge is 2.17. The fourth-order valence-electron chi connectivity index (χ4n) is 1.67. The molecule has 1 rings (SSSR count). The number of carbonyl (C=O) groups is 1. The molecule has 0 heterocycles. The van der Waals surface area contributed by atoms with Gasteiger partial charge in [0.05, 0.1) is 6.61 Å². The molecular formula is C11H17FO2. The zero-order chi connectivity index (χ0) is 10.4. The summed E-state index contributed by atoms with van der Waals surface area (Å²) in [5.41, 5.74) is 1.07. The maximum absolute atomic E-state index is 13.2. The van der Waals surface area contributed by atoms with Crippen LogP contribution in [0.15, 0.2) is 11.6 Å². The third-order valence-electron chi connectivity index (χ3n) is 2.39. The number of alkyl halides is 1. The standard InChI is InChI=1S/C11H17FO2/c1-2-14-11(13)10(12)8-9-6-4-3-5-7-9/h8,10H,2-7H2,1H3. The first-order valence-electron chi connectivity index (χ1n) is 5.24. The molecule has 0 saturated heterocycles. The lowest BCUT2D eigenvalue weighted by atomic mass is 9.94. The average molecular weight is 200 g/mol. The molecule has 3 heteroatoms. The molecule has 2 nitrogen and oxygen atoms in total. The molecule has 14 heavy (non-hydrogen) atoms. The number of allylic oxidation sites excluding steroid dienone is 1. The van der Waals surface area contributed by atoms with Crippen molar-refractivity contribution < 1.29 is 13.9 Å². The van der Waals surface area contributed by atoms with Gasteiger partial charge in [0.1, 0.15) is 0 Å². The number of halogens is 1. The Bertz CT molecular complexity index is 215. The van der Waals surface area contributed by atoms with Crippen LogP contribution in [0, 0.1) is 0 Å². The van der Waals surface area contributed by atoms with E-state index < -0.39 is 12.1 Å². The molecule has 0 aliphatic heterocycles. The lowest BCUT2D eigenvalue weighted by molar-refractivity contribution is -0.147. The molecule has 0 aromatic heterocycles. The first-order chi connectivity index (χ1) is 6.74. The molecule has 0 spiro atoms. The van der Waals surface area contributed by atoms with E-state index in [4.69, 9.17) is 0 Å². The van der Waals surface area contributed by atoms with Gasteiger partial charge >= 0.3 is 5.97 Å². The Labute approximate surface area is 84.1 Å². The summed E-state index contributed by atoms with van der Waals surface area (Å²) in [6, 6.07) is 0. The summed E-state index contributed by atoms with van der Waals surface area (Å²) in [5.74, 6) is -0.759. The van der Waals surface area contributed by atoms with Crippen molar-refractivity contribution >= 4 is 5.97 Å². The van der Waals surface area contributed by atoms with Crippen molar-refractivity contribution in [3.63, 3.8) is 0 Å². The van der Waals surface area contributed by atoms with Crippen LogP contribution >= 0.6 is 0 Å². The molecule has 0 N–H and O–H groups in total. The minimum absolute atomic E-state index is 0.239. The van der Waals surface area contributed by atoms with Gasteiger partial charge in [-0.2, -0.15) is 0 Å². The van der Waals surface area contributed by atoms with Crippen LogP contribution in [0.25, 0.3) is 0 Å². The highest BCUT2D eigenvalue weighted by Crippen LogP contribution is 2.23. The predicted molar refractivity (Wildman–Crippen MR) is 52.7 cm³/mol. The molecule has 0 aromatic carbocycles. The fraction of sp³-hybridized carbons (Fsp3) is 0.727. The first-order valence-corrected chi connectivity index (χ1v) is 5.24. The average Bonchev–Trinajstić information content (AvgIpc) is 2.19. The molecule has 80 valence electrons. The zero-order valence-electron chi connectivity index (χ0n) is 8.59. The van der Waals surface area contributed by atoms with Gasteiger partial charge in [-0.1, -0.05) is 12.0 Å². The summed E-state index contributed by atoms with van der Waals surface area (Å²) < 4.78 is 17.8. The Balaban J connectivity index is 2.43. The van der Waals surface area contributed by atoms with E-state index in [2.05, 4.69) is 4.74 Å². The van der Waals surface area contributed by atoms with E-state index in [1.54, 1.807) is 6.92 Å².